The number of rotatable bonds is 3. The molecule has 1 aromatic rings. The smallest absolute Gasteiger partial charge is 0.289 e. The predicted molar refractivity (Wildman–Crippen MR) is 74.2 cm³/mol. The number of amides is 2. The average Bonchev–Trinajstić information content (AvgIpc) is 2.85. The summed E-state index contributed by atoms with van der Waals surface area (Å²) in [6.45, 7) is 1.20. The lowest BCUT2D eigenvalue weighted by Gasteiger charge is -2.31. The average molecular weight is 350 g/mol. The molecule has 7 heteroatoms. The Bertz CT molecular complexity index is 469. The van der Waals surface area contributed by atoms with E-state index in [9.17, 15) is 9.59 Å². The van der Waals surface area contributed by atoms with E-state index in [1.807, 2.05) is 0 Å². The van der Waals surface area contributed by atoms with E-state index in [-0.39, 0.29) is 23.7 Å². The van der Waals surface area contributed by atoms with Crippen molar-refractivity contribution in [3.05, 3.63) is 22.6 Å². The molecule has 1 aromatic heterocycles. The molecule has 2 heterocycles. The lowest BCUT2D eigenvalue weighted by atomic mass is 10.0. The molecule has 0 spiro atoms. The number of halogens is 2. The summed E-state index contributed by atoms with van der Waals surface area (Å²) in [4.78, 5) is 25.0. The SMILES string of the molecule is O=C(CCl)NC1CCN(C(=O)c2ccc(Br)o2)CC1. The first kappa shape index (κ1) is 14.4. The zero-order valence-corrected chi connectivity index (χ0v) is 12.5. The van der Waals surface area contributed by atoms with Gasteiger partial charge in [-0.05, 0) is 40.9 Å². The predicted octanol–water partition coefficient (Wildman–Crippen LogP) is 2.00. The van der Waals surface area contributed by atoms with Crippen molar-refractivity contribution in [3.63, 3.8) is 0 Å². The van der Waals surface area contributed by atoms with Gasteiger partial charge in [-0.1, -0.05) is 0 Å². The number of hydrogen-bond donors (Lipinski definition) is 1. The molecule has 0 atom stereocenters. The number of hydrogen-bond acceptors (Lipinski definition) is 3. The molecule has 0 radical (unpaired) electrons. The van der Waals surface area contributed by atoms with Crippen LogP contribution in [-0.2, 0) is 4.79 Å². The first-order chi connectivity index (χ1) is 9.10. The number of nitrogens with one attached hydrogen (secondary N) is 1. The van der Waals surface area contributed by atoms with Crippen molar-refractivity contribution in [2.24, 2.45) is 0 Å². The maximum absolute atomic E-state index is 12.1. The van der Waals surface area contributed by atoms with Gasteiger partial charge in [0, 0.05) is 19.1 Å². The van der Waals surface area contributed by atoms with Crippen molar-refractivity contribution >= 4 is 39.3 Å². The minimum absolute atomic E-state index is 0.0282. The van der Waals surface area contributed by atoms with E-state index in [1.165, 1.54) is 0 Å². The van der Waals surface area contributed by atoms with Crippen LogP contribution in [0.4, 0.5) is 0 Å². The van der Waals surface area contributed by atoms with Gasteiger partial charge in [0.2, 0.25) is 5.91 Å². The highest BCUT2D eigenvalue weighted by molar-refractivity contribution is 9.10. The van der Waals surface area contributed by atoms with E-state index in [0.29, 0.717) is 23.5 Å². The highest BCUT2D eigenvalue weighted by atomic mass is 79.9. The van der Waals surface area contributed by atoms with E-state index >= 15 is 0 Å². The first-order valence-corrected chi connectivity index (χ1v) is 7.33. The van der Waals surface area contributed by atoms with E-state index in [2.05, 4.69) is 21.2 Å². The summed E-state index contributed by atoms with van der Waals surface area (Å²) in [6, 6.07) is 3.44. The fourth-order valence-electron chi connectivity index (χ4n) is 2.08. The second-order valence-electron chi connectivity index (χ2n) is 4.37. The lowest BCUT2D eigenvalue weighted by Crippen LogP contribution is -2.46. The molecular formula is C12H14BrClN2O3. The number of carbonyl (C=O) groups excluding carboxylic acids is 2. The summed E-state index contributed by atoms with van der Waals surface area (Å²) >= 11 is 8.61. The molecule has 0 bridgehead atoms. The summed E-state index contributed by atoms with van der Waals surface area (Å²) in [5.74, 6) is 0.0175. The largest absolute Gasteiger partial charge is 0.444 e. The second kappa shape index (κ2) is 6.43. The van der Waals surface area contributed by atoms with Crippen LogP contribution in [0.25, 0.3) is 0 Å². The topological polar surface area (TPSA) is 62.6 Å². The van der Waals surface area contributed by atoms with Crippen LogP contribution >= 0.6 is 27.5 Å². The second-order valence-corrected chi connectivity index (χ2v) is 5.42. The summed E-state index contributed by atoms with van der Waals surface area (Å²) < 4.78 is 5.79. The number of carbonyl (C=O) groups is 2. The van der Waals surface area contributed by atoms with Gasteiger partial charge in [0.05, 0.1) is 0 Å². The van der Waals surface area contributed by atoms with Gasteiger partial charge in [0.1, 0.15) is 5.88 Å². The number of alkyl halides is 1. The van der Waals surface area contributed by atoms with Crippen LogP contribution in [0, 0.1) is 0 Å². The monoisotopic (exact) mass is 348 g/mol. The number of likely N-dealkylation sites (tertiary alicyclic amines) is 1. The van der Waals surface area contributed by atoms with Gasteiger partial charge in [0.15, 0.2) is 10.4 Å². The molecule has 0 aliphatic carbocycles. The van der Waals surface area contributed by atoms with E-state index in [0.717, 1.165) is 12.8 Å². The Hall–Kier alpha value is -1.01. The Labute approximate surface area is 124 Å². The zero-order chi connectivity index (χ0) is 13.8. The molecule has 0 unspecified atom stereocenters. The third kappa shape index (κ3) is 3.73. The van der Waals surface area contributed by atoms with Crippen molar-refractivity contribution in [2.75, 3.05) is 19.0 Å². The Morgan fingerprint density at radius 2 is 2.11 bits per heavy atom. The van der Waals surface area contributed by atoms with Gasteiger partial charge < -0.3 is 14.6 Å². The summed E-state index contributed by atoms with van der Waals surface area (Å²) in [6.07, 6.45) is 1.46. The van der Waals surface area contributed by atoms with Crippen LogP contribution in [-0.4, -0.2) is 41.7 Å². The summed E-state index contributed by atoms with van der Waals surface area (Å²) in [5.41, 5.74) is 0. The number of piperidine rings is 1. The molecule has 1 aliphatic rings. The number of furan rings is 1. The molecule has 0 saturated carbocycles. The van der Waals surface area contributed by atoms with Crippen LogP contribution in [0.5, 0.6) is 0 Å². The van der Waals surface area contributed by atoms with Crippen molar-refractivity contribution in [1.29, 1.82) is 0 Å². The molecule has 1 fully saturated rings. The zero-order valence-electron chi connectivity index (χ0n) is 10.2. The minimum atomic E-state index is -0.165. The molecular weight excluding hydrogens is 336 g/mol. The molecule has 1 N–H and O–H groups in total. The molecule has 1 saturated heterocycles. The van der Waals surface area contributed by atoms with Crippen LogP contribution in [0.3, 0.4) is 0 Å². The highest BCUT2D eigenvalue weighted by Crippen LogP contribution is 2.18. The molecule has 1 aliphatic heterocycles. The van der Waals surface area contributed by atoms with Gasteiger partial charge >= 0.3 is 0 Å². The third-order valence-electron chi connectivity index (χ3n) is 3.05. The maximum atomic E-state index is 12.1. The van der Waals surface area contributed by atoms with Crippen LogP contribution in [0.15, 0.2) is 21.2 Å². The summed E-state index contributed by atoms with van der Waals surface area (Å²) in [5, 5.41) is 2.83. The van der Waals surface area contributed by atoms with Crippen LogP contribution < -0.4 is 5.32 Å². The maximum Gasteiger partial charge on any atom is 0.289 e. The standard InChI is InChI=1S/C12H14BrClN2O3/c13-10-2-1-9(19-10)12(18)16-5-3-8(4-6-16)15-11(17)7-14/h1-2,8H,3-7H2,(H,15,17). The quantitative estimate of drug-likeness (QED) is 0.849. The van der Waals surface area contributed by atoms with Gasteiger partial charge in [-0.25, -0.2) is 0 Å². The van der Waals surface area contributed by atoms with Gasteiger partial charge in [-0.3, -0.25) is 9.59 Å². The Kier molecular flexibility index (Phi) is 4.87. The number of nitrogens with zero attached hydrogens (tertiary/aromatic N) is 1. The minimum Gasteiger partial charge on any atom is -0.444 e. The fourth-order valence-corrected chi connectivity index (χ4v) is 2.46. The van der Waals surface area contributed by atoms with Crippen molar-refractivity contribution in [1.82, 2.24) is 10.2 Å². The van der Waals surface area contributed by atoms with Gasteiger partial charge in [0.25, 0.3) is 5.91 Å². The van der Waals surface area contributed by atoms with Crippen LogP contribution in [0.1, 0.15) is 23.4 Å². The van der Waals surface area contributed by atoms with Crippen molar-refractivity contribution < 1.29 is 14.0 Å². The highest BCUT2D eigenvalue weighted by Gasteiger charge is 2.25. The molecule has 2 amide bonds. The fraction of sp³-hybridized carbons (Fsp3) is 0.500. The Morgan fingerprint density at radius 3 is 2.63 bits per heavy atom. The van der Waals surface area contributed by atoms with E-state index < -0.39 is 0 Å². The molecule has 104 valence electrons. The van der Waals surface area contributed by atoms with Gasteiger partial charge in [-0.15, -0.1) is 11.6 Å². The lowest BCUT2D eigenvalue weighted by molar-refractivity contribution is -0.119. The Morgan fingerprint density at radius 1 is 1.42 bits per heavy atom. The van der Waals surface area contributed by atoms with E-state index in [1.54, 1.807) is 17.0 Å². The molecule has 19 heavy (non-hydrogen) atoms. The Balaban J connectivity index is 1.86. The molecule has 0 aromatic carbocycles. The van der Waals surface area contributed by atoms with Gasteiger partial charge in [-0.2, -0.15) is 0 Å². The third-order valence-corrected chi connectivity index (χ3v) is 3.72. The summed E-state index contributed by atoms with van der Waals surface area (Å²) in [7, 11) is 0. The van der Waals surface area contributed by atoms with E-state index in [4.69, 9.17) is 16.0 Å². The van der Waals surface area contributed by atoms with Crippen molar-refractivity contribution in [3.8, 4) is 0 Å². The van der Waals surface area contributed by atoms with Crippen LogP contribution in [0.2, 0.25) is 0 Å². The first-order valence-electron chi connectivity index (χ1n) is 6.00. The van der Waals surface area contributed by atoms with Crippen molar-refractivity contribution in [2.45, 2.75) is 18.9 Å². The normalized spacial score (nSPS) is 16.4. The molecule has 2 rings (SSSR count). The molecule has 5 nitrogen and oxygen atoms in total.